The number of amides is 2. The lowest BCUT2D eigenvalue weighted by molar-refractivity contribution is 0.0997. The van der Waals surface area contributed by atoms with E-state index in [1.807, 2.05) is 0 Å². The van der Waals surface area contributed by atoms with Crippen molar-refractivity contribution in [1.82, 2.24) is 0 Å². The van der Waals surface area contributed by atoms with Gasteiger partial charge in [-0.1, -0.05) is 18.2 Å². The molecule has 6 N–H and O–H groups in total. The lowest BCUT2D eigenvalue weighted by Crippen LogP contribution is -2.36. The average molecular weight is 458 g/mol. The Morgan fingerprint density at radius 3 is 2.12 bits per heavy atom. The molecule has 11 heteroatoms. The Labute approximate surface area is 183 Å². The van der Waals surface area contributed by atoms with Crippen molar-refractivity contribution in [3.63, 3.8) is 0 Å². The molecule has 0 aliphatic carbocycles. The molecule has 0 spiro atoms. The number of rotatable bonds is 8. The first-order valence-corrected chi connectivity index (χ1v) is 10.7. The fourth-order valence-corrected chi connectivity index (χ4v) is 3.31. The van der Waals surface area contributed by atoms with Crippen LogP contribution in [0, 0.1) is 5.82 Å². The molecule has 0 saturated heterocycles. The number of benzene rings is 3. The number of hydrogen-bond acceptors (Lipinski definition) is 6. The molecule has 0 aliphatic rings. The van der Waals surface area contributed by atoms with E-state index in [0.717, 1.165) is 0 Å². The normalized spacial score (nSPS) is 11.9. The molecule has 0 saturated carbocycles. The van der Waals surface area contributed by atoms with Crippen LogP contribution in [0.4, 0.5) is 21.5 Å². The summed E-state index contributed by atoms with van der Waals surface area (Å²) in [7, 11) is -4.61. The lowest BCUT2D eigenvalue weighted by atomic mass is 10.2. The van der Waals surface area contributed by atoms with Gasteiger partial charge in [0.15, 0.2) is 0 Å². The second-order valence-electron chi connectivity index (χ2n) is 6.64. The summed E-state index contributed by atoms with van der Waals surface area (Å²) in [4.78, 5) is 23.5. The number of nitrogens with one attached hydrogen (secondary N) is 3. The summed E-state index contributed by atoms with van der Waals surface area (Å²) in [5.41, 5.74) is 4.45. The fraction of sp³-hybridized carbons (Fsp3) is 0.0476. The molecule has 0 bridgehead atoms. The zero-order valence-corrected chi connectivity index (χ0v) is 17.3. The van der Waals surface area contributed by atoms with E-state index in [4.69, 9.17) is 5.73 Å². The number of hydrogen-bond donors (Lipinski definition) is 5. The molecule has 166 valence electrons. The van der Waals surface area contributed by atoms with Crippen LogP contribution in [-0.4, -0.2) is 30.3 Å². The van der Waals surface area contributed by atoms with Crippen molar-refractivity contribution in [3.8, 4) is 0 Å². The molecular formula is C21H19FN4O5S. The highest BCUT2D eigenvalue weighted by atomic mass is 32.2. The van der Waals surface area contributed by atoms with Gasteiger partial charge in [-0.05, 0) is 54.6 Å². The van der Waals surface area contributed by atoms with Gasteiger partial charge in [0.1, 0.15) is 5.82 Å². The topological polar surface area (TPSA) is 151 Å². The summed E-state index contributed by atoms with van der Waals surface area (Å²) < 4.78 is 46.9. The molecule has 0 radical (unpaired) electrons. The van der Waals surface area contributed by atoms with Crippen LogP contribution in [0.5, 0.6) is 0 Å². The number of anilines is 3. The third kappa shape index (κ3) is 5.80. The Morgan fingerprint density at radius 1 is 0.875 bits per heavy atom. The van der Waals surface area contributed by atoms with Crippen molar-refractivity contribution < 1.29 is 27.0 Å². The van der Waals surface area contributed by atoms with Gasteiger partial charge in [0.25, 0.3) is 5.91 Å². The van der Waals surface area contributed by atoms with E-state index in [2.05, 4.69) is 16.0 Å². The molecule has 3 rings (SSSR count). The second kappa shape index (κ2) is 9.45. The van der Waals surface area contributed by atoms with Crippen molar-refractivity contribution in [2.45, 2.75) is 5.50 Å². The van der Waals surface area contributed by atoms with E-state index in [0.29, 0.717) is 5.69 Å². The first-order valence-electron chi connectivity index (χ1n) is 9.18. The van der Waals surface area contributed by atoms with Crippen molar-refractivity contribution in [1.29, 1.82) is 0 Å². The standard InChI is InChI=1S/C21H19FN4O5S/c22-18-7-2-1-6-17(18)20(28)24-14-8-10-15(11-9-14)25-21(32(29,30)31)26-16-5-3-4-13(12-16)19(23)27/h1-12,21,25-26H,(H2,23,27)(H,24,28)(H,29,30,31). The van der Waals surface area contributed by atoms with E-state index in [1.165, 1.54) is 72.8 Å². The predicted molar refractivity (Wildman–Crippen MR) is 118 cm³/mol. The van der Waals surface area contributed by atoms with Gasteiger partial charge in [-0.15, -0.1) is 0 Å². The fourth-order valence-electron chi connectivity index (χ4n) is 2.74. The van der Waals surface area contributed by atoms with Crippen LogP contribution in [-0.2, 0) is 10.1 Å². The quantitative estimate of drug-likeness (QED) is 0.257. The molecule has 32 heavy (non-hydrogen) atoms. The first kappa shape index (κ1) is 22.7. The summed E-state index contributed by atoms with van der Waals surface area (Å²) in [6, 6.07) is 17.1. The Hall–Kier alpha value is -3.96. The number of primary amides is 1. The van der Waals surface area contributed by atoms with Gasteiger partial charge in [0, 0.05) is 22.6 Å². The molecule has 2 amide bonds. The van der Waals surface area contributed by atoms with Gasteiger partial charge in [-0.2, -0.15) is 8.42 Å². The minimum atomic E-state index is -4.61. The number of halogens is 1. The van der Waals surface area contributed by atoms with Crippen LogP contribution in [0.15, 0.2) is 72.8 Å². The molecule has 0 heterocycles. The van der Waals surface area contributed by atoms with E-state index in [9.17, 15) is 27.0 Å². The van der Waals surface area contributed by atoms with Crippen LogP contribution >= 0.6 is 0 Å². The average Bonchev–Trinajstić information content (AvgIpc) is 2.74. The molecule has 0 aliphatic heterocycles. The van der Waals surface area contributed by atoms with Crippen LogP contribution in [0.3, 0.4) is 0 Å². The Bertz CT molecular complexity index is 1250. The van der Waals surface area contributed by atoms with Crippen molar-refractivity contribution in [3.05, 3.63) is 89.7 Å². The van der Waals surface area contributed by atoms with Crippen LogP contribution in [0.2, 0.25) is 0 Å². The van der Waals surface area contributed by atoms with Gasteiger partial charge < -0.3 is 21.7 Å². The smallest absolute Gasteiger partial charge is 0.305 e. The van der Waals surface area contributed by atoms with Gasteiger partial charge in [-0.25, -0.2) is 4.39 Å². The lowest BCUT2D eigenvalue weighted by Gasteiger charge is -2.20. The third-order valence-corrected chi connectivity index (χ3v) is 5.13. The van der Waals surface area contributed by atoms with Crippen LogP contribution in [0.25, 0.3) is 0 Å². The van der Waals surface area contributed by atoms with Crippen LogP contribution < -0.4 is 21.7 Å². The predicted octanol–water partition coefficient (Wildman–Crippen LogP) is 2.87. The molecule has 3 aromatic rings. The summed E-state index contributed by atoms with van der Waals surface area (Å²) in [6.07, 6.45) is 0. The summed E-state index contributed by atoms with van der Waals surface area (Å²) in [5.74, 6) is -2.00. The molecular weight excluding hydrogens is 439 g/mol. The van der Waals surface area contributed by atoms with Crippen molar-refractivity contribution in [2.24, 2.45) is 5.73 Å². The highest BCUT2D eigenvalue weighted by molar-refractivity contribution is 7.86. The summed E-state index contributed by atoms with van der Waals surface area (Å²) in [6.45, 7) is 0. The molecule has 0 aromatic heterocycles. The largest absolute Gasteiger partial charge is 0.366 e. The first-order chi connectivity index (χ1) is 15.1. The maximum absolute atomic E-state index is 13.7. The van der Waals surface area contributed by atoms with Gasteiger partial charge in [0.05, 0.1) is 5.56 Å². The number of nitrogens with two attached hydrogens (primary N) is 1. The molecule has 0 fully saturated rings. The van der Waals surface area contributed by atoms with Crippen molar-refractivity contribution in [2.75, 3.05) is 16.0 Å². The summed E-state index contributed by atoms with van der Waals surface area (Å²) in [5, 5.41) is 7.70. The van der Waals surface area contributed by atoms with E-state index in [1.54, 1.807) is 0 Å². The Balaban J connectivity index is 1.72. The maximum atomic E-state index is 13.7. The zero-order valence-electron chi connectivity index (χ0n) is 16.4. The van der Waals surface area contributed by atoms with Gasteiger partial charge in [-0.3, -0.25) is 14.1 Å². The Morgan fingerprint density at radius 2 is 1.50 bits per heavy atom. The molecule has 1 unspecified atom stereocenters. The maximum Gasteiger partial charge on any atom is 0.305 e. The van der Waals surface area contributed by atoms with Crippen molar-refractivity contribution >= 4 is 39.0 Å². The highest BCUT2D eigenvalue weighted by Crippen LogP contribution is 2.19. The van der Waals surface area contributed by atoms with E-state index >= 15 is 0 Å². The molecule has 1 atom stereocenters. The second-order valence-corrected chi connectivity index (χ2v) is 8.14. The van der Waals surface area contributed by atoms with E-state index < -0.39 is 33.2 Å². The minimum Gasteiger partial charge on any atom is -0.366 e. The van der Waals surface area contributed by atoms with Gasteiger partial charge >= 0.3 is 10.1 Å². The number of carbonyl (C=O) groups excluding carboxylic acids is 2. The number of carbonyl (C=O) groups is 2. The monoisotopic (exact) mass is 458 g/mol. The van der Waals surface area contributed by atoms with Crippen LogP contribution in [0.1, 0.15) is 20.7 Å². The zero-order chi connectivity index (χ0) is 23.3. The summed E-state index contributed by atoms with van der Waals surface area (Å²) >= 11 is 0. The SMILES string of the molecule is NC(=O)c1cccc(NC(Nc2ccc(NC(=O)c3ccccc3F)cc2)S(=O)(=O)O)c1. The highest BCUT2D eigenvalue weighted by Gasteiger charge is 2.23. The molecule has 9 nitrogen and oxygen atoms in total. The minimum absolute atomic E-state index is 0.122. The third-order valence-electron chi connectivity index (χ3n) is 4.30. The van der Waals surface area contributed by atoms with E-state index in [-0.39, 0.29) is 22.5 Å². The Kier molecular flexibility index (Phi) is 6.71. The van der Waals surface area contributed by atoms with Gasteiger partial charge in [0.2, 0.25) is 11.4 Å². The molecule has 3 aromatic carbocycles.